The van der Waals surface area contributed by atoms with Crippen LogP contribution in [0.2, 0.25) is 0 Å². The number of hydrogen-bond donors (Lipinski definition) is 0. The average Bonchev–Trinajstić information content (AvgIpc) is 2.31. The molecule has 0 amide bonds. The second kappa shape index (κ2) is 15.2. The van der Waals surface area contributed by atoms with Gasteiger partial charge in [0.15, 0.2) is 0 Å². The Kier molecular flexibility index (Phi) is 15.4. The van der Waals surface area contributed by atoms with Crippen molar-refractivity contribution in [3.05, 3.63) is 24.3 Å². The van der Waals surface area contributed by atoms with Gasteiger partial charge in [0.2, 0.25) is 0 Å². The van der Waals surface area contributed by atoms with Gasteiger partial charge in [-0.15, -0.1) is 0 Å². The highest BCUT2D eigenvalue weighted by Gasteiger charge is 1.87. The summed E-state index contributed by atoms with van der Waals surface area (Å²) in [5, 5.41) is 0. The van der Waals surface area contributed by atoms with Crippen LogP contribution in [0.1, 0.15) is 64.7 Å². The maximum absolute atomic E-state index is 2.46. The molecule has 16 heavy (non-hydrogen) atoms. The second-order valence-electron chi connectivity index (χ2n) is 4.24. The van der Waals surface area contributed by atoms with Gasteiger partial charge >= 0.3 is 0 Å². The van der Waals surface area contributed by atoms with Crippen LogP contribution in [0.3, 0.4) is 0 Å². The predicted molar refractivity (Wildman–Crippen MR) is 84.4 cm³/mol. The first-order chi connectivity index (χ1) is 7.91. The molecule has 0 aliphatic rings. The molecule has 0 atom stereocenters. The van der Waals surface area contributed by atoms with Crippen LogP contribution in [-0.2, 0) is 0 Å². The molecule has 0 saturated carbocycles. The predicted octanol–water partition coefficient (Wildman–Crippen LogP) is 6.06. The summed E-state index contributed by atoms with van der Waals surface area (Å²) in [5.41, 5.74) is 0. The molecule has 94 valence electrons. The third kappa shape index (κ3) is 14.2. The van der Waals surface area contributed by atoms with Gasteiger partial charge in [-0.3, -0.25) is 0 Å². The Hall–Kier alpha value is 0.210. The van der Waals surface area contributed by atoms with E-state index < -0.39 is 0 Å². The van der Waals surface area contributed by atoms with Crippen LogP contribution < -0.4 is 0 Å². The van der Waals surface area contributed by atoms with Crippen molar-refractivity contribution in [2.24, 2.45) is 0 Å². The van der Waals surface area contributed by atoms with E-state index in [1.165, 1.54) is 62.2 Å². The van der Waals surface area contributed by atoms with Crippen molar-refractivity contribution in [1.29, 1.82) is 0 Å². The number of rotatable bonds is 11. The van der Waals surface area contributed by atoms with Crippen molar-refractivity contribution in [3.8, 4) is 0 Å². The van der Waals surface area contributed by atoms with Gasteiger partial charge in [-0.05, 0) is 30.1 Å². The maximum atomic E-state index is 2.46. The van der Waals surface area contributed by atoms with Gasteiger partial charge in [0, 0.05) is 0 Å². The summed E-state index contributed by atoms with van der Waals surface area (Å²) < 4.78 is 1.32. The minimum Gasteiger partial charge on any atom is -0.0864 e. The van der Waals surface area contributed by atoms with E-state index in [2.05, 4.69) is 53.8 Å². The first-order valence-corrected chi connectivity index (χ1v) is 8.32. The number of alkyl halides is 1. The summed E-state index contributed by atoms with van der Waals surface area (Å²) in [6.45, 7) is 2.24. The Balaban J connectivity index is 3.12. The lowest BCUT2D eigenvalue weighted by atomic mass is 10.1. The van der Waals surface area contributed by atoms with Crippen molar-refractivity contribution in [1.82, 2.24) is 0 Å². The van der Waals surface area contributed by atoms with Crippen molar-refractivity contribution in [3.63, 3.8) is 0 Å². The monoisotopic (exact) mass is 334 g/mol. The standard InChI is InChI=1S/C15H27I/c1-2-3-4-5-6-7-8-9-10-11-12-13-14-15-16/h5-8H,2-4,9-15H2,1H3/b6-5-,8-7-. The molecule has 0 rings (SSSR count). The van der Waals surface area contributed by atoms with Crippen LogP contribution in [0.5, 0.6) is 0 Å². The summed E-state index contributed by atoms with van der Waals surface area (Å²) in [5.74, 6) is 0. The molecule has 0 aliphatic heterocycles. The lowest BCUT2D eigenvalue weighted by molar-refractivity contribution is 0.642. The Morgan fingerprint density at radius 2 is 1.31 bits per heavy atom. The van der Waals surface area contributed by atoms with E-state index in [-0.39, 0.29) is 0 Å². The third-order valence-corrected chi connectivity index (χ3v) is 3.37. The highest BCUT2D eigenvalue weighted by molar-refractivity contribution is 14.1. The zero-order chi connectivity index (χ0) is 11.9. The number of hydrogen-bond acceptors (Lipinski definition) is 0. The van der Waals surface area contributed by atoms with Crippen molar-refractivity contribution in [2.75, 3.05) is 4.43 Å². The van der Waals surface area contributed by atoms with Crippen LogP contribution in [0.15, 0.2) is 24.3 Å². The number of halogens is 1. The van der Waals surface area contributed by atoms with Gasteiger partial charge in [0.25, 0.3) is 0 Å². The molecular formula is C15H27I. The number of unbranched alkanes of at least 4 members (excludes halogenated alkanes) is 7. The molecule has 0 aliphatic carbocycles. The first-order valence-electron chi connectivity index (χ1n) is 6.79. The first kappa shape index (κ1) is 16.2. The van der Waals surface area contributed by atoms with Crippen LogP contribution >= 0.6 is 22.6 Å². The Morgan fingerprint density at radius 1 is 0.750 bits per heavy atom. The molecule has 0 aromatic rings. The summed E-state index contributed by atoms with van der Waals surface area (Å²) in [6.07, 6.45) is 21.1. The molecule has 0 nitrogen and oxygen atoms in total. The van der Waals surface area contributed by atoms with Crippen molar-refractivity contribution < 1.29 is 0 Å². The van der Waals surface area contributed by atoms with E-state index in [4.69, 9.17) is 0 Å². The fraction of sp³-hybridized carbons (Fsp3) is 0.733. The molecule has 0 heterocycles. The summed E-state index contributed by atoms with van der Waals surface area (Å²) >= 11 is 2.46. The van der Waals surface area contributed by atoms with E-state index >= 15 is 0 Å². The van der Waals surface area contributed by atoms with Crippen LogP contribution in [0, 0.1) is 0 Å². The van der Waals surface area contributed by atoms with Crippen molar-refractivity contribution >= 4 is 22.6 Å². The Bertz CT molecular complexity index is 170. The molecule has 0 saturated heterocycles. The minimum absolute atomic E-state index is 1.23. The zero-order valence-electron chi connectivity index (χ0n) is 10.8. The molecule has 0 radical (unpaired) electrons. The highest BCUT2D eigenvalue weighted by atomic mass is 127. The fourth-order valence-corrected chi connectivity index (χ4v) is 2.10. The maximum Gasteiger partial charge on any atom is -0.000473 e. The normalized spacial score (nSPS) is 11.9. The van der Waals surface area contributed by atoms with Gasteiger partial charge in [-0.25, -0.2) is 0 Å². The molecule has 0 fully saturated rings. The molecule has 0 bridgehead atoms. The SMILES string of the molecule is CCCC/C=C\C=C/CCCCCCCI. The quantitative estimate of drug-likeness (QED) is 0.186. The van der Waals surface area contributed by atoms with E-state index in [0.29, 0.717) is 0 Å². The largest absolute Gasteiger partial charge is 0.0864 e. The van der Waals surface area contributed by atoms with E-state index in [1.54, 1.807) is 0 Å². The summed E-state index contributed by atoms with van der Waals surface area (Å²) in [6, 6.07) is 0. The topological polar surface area (TPSA) is 0 Å². The highest BCUT2D eigenvalue weighted by Crippen LogP contribution is 2.07. The van der Waals surface area contributed by atoms with E-state index in [1.807, 2.05) is 0 Å². The van der Waals surface area contributed by atoms with Crippen LogP contribution in [0.4, 0.5) is 0 Å². The molecule has 1 heteroatoms. The van der Waals surface area contributed by atoms with Gasteiger partial charge in [-0.2, -0.15) is 0 Å². The van der Waals surface area contributed by atoms with Crippen LogP contribution in [-0.4, -0.2) is 4.43 Å². The molecule has 0 N–H and O–H groups in total. The third-order valence-electron chi connectivity index (χ3n) is 2.61. The summed E-state index contributed by atoms with van der Waals surface area (Å²) in [4.78, 5) is 0. The average molecular weight is 334 g/mol. The van der Waals surface area contributed by atoms with Gasteiger partial charge in [-0.1, -0.05) is 85.9 Å². The van der Waals surface area contributed by atoms with Gasteiger partial charge < -0.3 is 0 Å². The number of allylic oxidation sites excluding steroid dienone is 4. The molecule has 0 spiro atoms. The molecule has 0 aromatic heterocycles. The Labute approximate surface area is 116 Å². The van der Waals surface area contributed by atoms with E-state index in [9.17, 15) is 0 Å². The summed E-state index contributed by atoms with van der Waals surface area (Å²) in [7, 11) is 0. The Morgan fingerprint density at radius 3 is 1.94 bits per heavy atom. The van der Waals surface area contributed by atoms with Crippen molar-refractivity contribution in [2.45, 2.75) is 64.7 Å². The fourth-order valence-electron chi connectivity index (χ4n) is 1.56. The van der Waals surface area contributed by atoms with Gasteiger partial charge in [0.05, 0.1) is 0 Å². The molecular weight excluding hydrogens is 307 g/mol. The molecule has 0 aromatic carbocycles. The minimum atomic E-state index is 1.23. The second-order valence-corrected chi connectivity index (χ2v) is 5.32. The van der Waals surface area contributed by atoms with Crippen LogP contribution in [0.25, 0.3) is 0 Å². The zero-order valence-corrected chi connectivity index (χ0v) is 12.9. The lowest BCUT2D eigenvalue weighted by Crippen LogP contribution is -1.78. The lowest BCUT2D eigenvalue weighted by Gasteiger charge is -1.96. The molecule has 0 unspecified atom stereocenters. The van der Waals surface area contributed by atoms with Gasteiger partial charge in [0.1, 0.15) is 0 Å². The smallest absolute Gasteiger partial charge is 0.000473 e. The van der Waals surface area contributed by atoms with E-state index in [0.717, 1.165) is 0 Å².